The van der Waals surface area contributed by atoms with Gasteiger partial charge in [-0.25, -0.2) is 9.18 Å². The Kier molecular flexibility index (Phi) is 2.33. The number of thioether (sulfide) groups is 1. The number of halogens is 1. The predicted molar refractivity (Wildman–Crippen MR) is 49.6 cm³/mol. The molecule has 2 rings (SSSR count). The summed E-state index contributed by atoms with van der Waals surface area (Å²) < 4.78 is 18.3. The number of carboxylic acids is 1. The molecule has 0 saturated heterocycles. The minimum atomic E-state index is -1.06. The lowest BCUT2D eigenvalue weighted by atomic mass is 10.2. The lowest BCUT2D eigenvalue weighted by Crippen LogP contribution is -2.11. The number of benzene rings is 1. The van der Waals surface area contributed by atoms with Gasteiger partial charge in [-0.3, -0.25) is 0 Å². The standard InChI is InChI=1S/C9H7FO3S/c10-6-2-1-5(9(11)12)8-7(6)13-3-4-14-8/h1-2H,3-4H2,(H,11,12). The molecule has 0 saturated carbocycles. The van der Waals surface area contributed by atoms with Crippen LogP contribution in [0.1, 0.15) is 10.4 Å². The molecule has 14 heavy (non-hydrogen) atoms. The van der Waals surface area contributed by atoms with E-state index < -0.39 is 11.8 Å². The van der Waals surface area contributed by atoms with E-state index in [1.807, 2.05) is 0 Å². The van der Waals surface area contributed by atoms with Crippen LogP contribution in [-0.4, -0.2) is 23.4 Å². The molecule has 1 aliphatic rings. The minimum absolute atomic E-state index is 0.0705. The van der Waals surface area contributed by atoms with Crippen molar-refractivity contribution in [1.82, 2.24) is 0 Å². The summed E-state index contributed by atoms with van der Waals surface area (Å²) >= 11 is 1.31. The normalized spacial score (nSPS) is 14.4. The van der Waals surface area contributed by atoms with Crippen LogP contribution >= 0.6 is 11.8 Å². The van der Waals surface area contributed by atoms with E-state index in [0.717, 1.165) is 6.07 Å². The van der Waals surface area contributed by atoms with Gasteiger partial charge in [-0.05, 0) is 12.1 Å². The van der Waals surface area contributed by atoms with E-state index in [4.69, 9.17) is 9.84 Å². The van der Waals surface area contributed by atoms with Gasteiger partial charge in [0.25, 0.3) is 0 Å². The van der Waals surface area contributed by atoms with Crippen LogP contribution in [0.15, 0.2) is 17.0 Å². The van der Waals surface area contributed by atoms with Crippen molar-refractivity contribution in [2.45, 2.75) is 4.90 Å². The molecule has 1 aromatic rings. The Morgan fingerprint density at radius 3 is 3.07 bits per heavy atom. The molecule has 0 aliphatic carbocycles. The number of fused-ring (bicyclic) bond motifs is 1. The van der Waals surface area contributed by atoms with Crippen LogP contribution in [-0.2, 0) is 0 Å². The summed E-state index contributed by atoms with van der Waals surface area (Å²) in [6, 6.07) is 2.38. The number of aromatic carboxylic acids is 1. The Labute approximate surface area is 83.9 Å². The first-order valence-corrected chi connectivity index (χ1v) is 5.00. The van der Waals surface area contributed by atoms with Gasteiger partial charge in [-0.2, -0.15) is 0 Å². The van der Waals surface area contributed by atoms with Crippen LogP contribution in [0.4, 0.5) is 4.39 Å². The molecule has 0 fully saturated rings. The monoisotopic (exact) mass is 214 g/mol. The van der Waals surface area contributed by atoms with Gasteiger partial charge in [0.1, 0.15) is 0 Å². The summed E-state index contributed by atoms with van der Waals surface area (Å²) in [6.07, 6.45) is 0. The van der Waals surface area contributed by atoms with Crippen molar-refractivity contribution >= 4 is 17.7 Å². The molecule has 1 heterocycles. The van der Waals surface area contributed by atoms with Crippen LogP contribution in [0.5, 0.6) is 5.75 Å². The Bertz CT molecular complexity index is 392. The van der Waals surface area contributed by atoms with E-state index in [1.54, 1.807) is 0 Å². The molecule has 0 aromatic heterocycles. The quantitative estimate of drug-likeness (QED) is 0.776. The zero-order valence-corrected chi connectivity index (χ0v) is 7.94. The van der Waals surface area contributed by atoms with E-state index in [9.17, 15) is 9.18 Å². The predicted octanol–water partition coefficient (Wildman–Crippen LogP) is 2.01. The molecule has 0 bridgehead atoms. The van der Waals surface area contributed by atoms with Gasteiger partial charge < -0.3 is 9.84 Å². The summed E-state index contributed by atoms with van der Waals surface area (Å²) in [6.45, 7) is 0.414. The van der Waals surface area contributed by atoms with Crippen LogP contribution in [0.2, 0.25) is 0 Å². The molecule has 0 atom stereocenters. The summed E-state index contributed by atoms with van der Waals surface area (Å²) in [5.74, 6) is -0.839. The molecular formula is C9H7FO3S. The molecular weight excluding hydrogens is 207 g/mol. The van der Waals surface area contributed by atoms with Crippen molar-refractivity contribution in [3.63, 3.8) is 0 Å². The lowest BCUT2D eigenvalue weighted by molar-refractivity contribution is 0.0691. The number of ether oxygens (including phenoxy) is 1. The highest BCUT2D eigenvalue weighted by Crippen LogP contribution is 2.38. The summed E-state index contributed by atoms with van der Waals surface area (Å²) in [5.41, 5.74) is 0.103. The van der Waals surface area contributed by atoms with E-state index in [0.29, 0.717) is 17.3 Å². The zero-order chi connectivity index (χ0) is 10.1. The second kappa shape index (κ2) is 3.49. The minimum Gasteiger partial charge on any atom is -0.488 e. The second-order valence-electron chi connectivity index (χ2n) is 2.76. The first-order valence-electron chi connectivity index (χ1n) is 4.01. The van der Waals surface area contributed by atoms with Crippen molar-refractivity contribution in [2.75, 3.05) is 12.4 Å². The molecule has 0 spiro atoms. The number of carboxylic acid groups (broad SMARTS) is 1. The average molecular weight is 214 g/mol. The molecule has 3 nitrogen and oxygen atoms in total. The van der Waals surface area contributed by atoms with Gasteiger partial charge >= 0.3 is 5.97 Å². The Balaban J connectivity index is 2.59. The Morgan fingerprint density at radius 1 is 1.57 bits per heavy atom. The maximum Gasteiger partial charge on any atom is 0.336 e. The third-order valence-corrected chi connectivity index (χ3v) is 2.94. The number of hydrogen-bond acceptors (Lipinski definition) is 3. The molecule has 0 unspecified atom stereocenters. The fraction of sp³-hybridized carbons (Fsp3) is 0.222. The molecule has 0 radical (unpaired) electrons. The Morgan fingerprint density at radius 2 is 2.36 bits per heavy atom. The van der Waals surface area contributed by atoms with Crippen LogP contribution in [0.25, 0.3) is 0 Å². The van der Waals surface area contributed by atoms with Crippen molar-refractivity contribution in [3.05, 3.63) is 23.5 Å². The second-order valence-corrected chi connectivity index (χ2v) is 3.86. The largest absolute Gasteiger partial charge is 0.488 e. The smallest absolute Gasteiger partial charge is 0.336 e. The van der Waals surface area contributed by atoms with Gasteiger partial charge in [-0.15, -0.1) is 11.8 Å². The highest BCUT2D eigenvalue weighted by atomic mass is 32.2. The Hall–Kier alpha value is -1.23. The van der Waals surface area contributed by atoms with Gasteiger partial charge in [0.05, 0.1) is 17.1 Å². The SMILES string of the molecule is O=C(O)c1ccc(F)c2c1SCCO2. The zero-order valence-electron chi connectivity index (χ0n) is 7.12. The summed E-state index contributed by atoms with van der Waals surface area (Å²) in [7, 11) is 0. The topological polar surface area (TPSA) is 46.5 Å². The number of rotatable bonds is 1. The van der Waals surface area contributed by atoms with E-state index >= 15 is 0 Å². The van der Waals surface area contributed by atoms with Crippen LogP contribution in [0.3, 0.4) is 0 Å². The molecule has 0 amide bonds. The van der Waals surface area contributed by atoms with Crippen molar-refractivity contribution in [2.24, 2.45) is 0 Å². The first kappa shape index (κ1) is 9.33. The van der Waals surface area contributed by atoms with Gasteiger partial charge in [0, 0.05) is 5.75 Å². The lowest BCUT2D eigenvalue weighted by Gasteiger charge is -2.18. The van der Waals surface area contributed by atoms with Crippen molar-refractivity contribution in [3.8, 4) is 5.75 Å². The highest BCUT2D eigenvalue weighted by Gasteiger charge is 2.22. The fourth-order valence-electron chi connectivity index (χ4n) is 1.27. The van der Waals surface area contributed by atoms with E-state index in [2.05, 4.69) is 0 Å². The number of hydrogen-bond donors (Lipinski definition) is 1. The number of carbonyl (C=O) groups is 1. The van der Waals surface area contributed by atoms with Gasteiger partial charge in [0.2, 0.25) is 0 Å². The molecule has 74 valence electrons. The maximum atomic E-state index is 13.2. The third-order valence-electron chi connectivity index (χ3n) is 1.87. The van der Waals surface area contributed by atoms with E-state index in [1.165, 1.54) is 17.8 Å². The van der Waals surface area contributed by atoms with Crippen molar-refractivity contribution in [1.29, 1.82) is 0 Å². The molecule has 1 aliphatic heterocycles. The van der Waals surface area contributed by atoms with Crippen LogP contribution in [0, 0.1) is 5.82 Å². The average Bonchev–Trinajstić information content (AvgIpc) is 2.18. The molecule has 1 aromatic carbocycles. The molecule has 5 heteroatoms. The highest BCUT2D eigenvalue weighted by molar-refractivity contribution is 7.99. The fourth-order valence-corrected chi connectivity index (χ4v) is 2.24. The third kappa shape index (κ3) is 1.43. The van der Waals surface area contributed by atoms with Gasteiger partial charge in [-0.1, -0.05) is 0 Å². The van der Waals surface area contributed by atoms with E-state index in [-0.39, 0.29) is 11.3 Å². The molecule has 1 N–H and O–H groups in total. The summed E-state index contributed by atoms with van der Waals surface area (Å²) in [4.78, 5) is 11.2. The first-order chi connectivity index (χ1) is 6.70. The summed E-state index contributed by atoms with van der Waals surface area (Å²) in [5, 5.41) is 8.84. The van der Waals surface area contributed by atoms with Gasteiger partial charge in [0.15, 0.2) is 11.6 Å². The maximum absolute atomic E-state index is 13.2. The van der Waals surface area contributed by atoms with Crippen molar-refractivity contribution < 1.29 is 19.0 Å². The van der Waals surface area contributed by atoms with Crippen LogP contribution < -0.4 is 4.74 Å².